The monoisotopic (exact) mass is 419 g/mol. The molecule has 160 valence electrons. The number of nitrogens with one attached hydrogen (secondary N) is 1. The van der Waals surface area contributed by atoms with Gasteiger partial charge in [-0.25, -0.2) is 9.97 Å². The number of halogens is 3. The van der Waals surface area contributed by atoms with Crippen molar-refractivity contribution in [2.24, 2.45) is 0 Å². The number of pyridine rings is 1. The molecular weight excluding hydrogens is 395 g/mol. The summed E-state index contributed by atoms with van der Waals surface area (Å²) < 4.78 is 38.1. The van der Waals surface area contributed by atoms with E-state index in [-0.39, 0.29) is 5.82 Å². The summed E-state index contributed by atoms with van der Waals surface area (Å²) in [7, 11) is 0. The van der Waals surface area contributed by atoms with Crippen molar-refractivity contribution >= 4 is 12.1 Å². The van der Waals surface area contributed by atoms with Crippen LogP contribution in [0.2, 0.25) is 0 Å². The maximum Gasteiger partial charge on any atom is 0.434 e. The molecule has 3 rings (SSSR count). The van der Waals surface area contributed by atoms with Crippen LogP contribution in [-0.2, 0) is 11.0 Å². The SMILES string of the molecule is C/C=C(\C=C/CCC=O)N1CCN(c2ccc(-c3nc(C(F)(F)F)c[nH]3)cn2)CC1. The number of piperazine rings is 1. The van der Waals surface area contributed by atoms with E-state index in [4.69, 9.17) is 0 Å². The minimum Gasteiger partial charge on any atom is -0.368 e. The highest BCUT2D eigenvalue weighted by Gasteiger charge is 2.33. The van der Waals surface area contributed by atoms with Crippen LogP contribution in [0.15, 0.2) is 48.5 Å². The van der Waals surface area contributed by atoms with Crippen LogP contribution in [-0.4, -0.2) is 52.3 Å². The maximum atomic E-state index is 12.7. The van der Waals surface area contributed by atoms with Crippen molar-refractivity contribution in [3.8, 4) is 11.4 Å². The second kappa shape index (κ2) is 9.60. The lowest BCUT2D eigenvalue weighted by Crippen LogP contribution is -2.45. The zero-order valence-corrected chi connectivity index (χ0v) is 16.7. The van der Waals surface area contributed by atoms with Gasteiger partial charge in [0.05, 0.1) is 0 Å². The molecule has 1 fully saturated rings. The third kappa shape index (κ3) is 5.28. The third-order valence-electron chi connectivity index (χ3n) is 4.89. The number of alkyl halides is 3. The fourth-order valence-corrected chi connectivity index (χ4v) is 3.27. The predicted octanol–water partition coefficient (Wildman–Crippen LogP) is 4.05. The van der Waals surface area contributed by atoms with Gasteiger partial charge in [0.15, 0.2) is 5.69 Å². The lowest BCUT2D eigenvalue weighted by molar-refractivity contribution is -0.140. The number of nitrogens with zero attached hydrogens (tertiary/aromatic N) is 4. The van der Waals surface area contributed by atoms with Gasteiger partial charge in [-0.3, -0.25) is 0 Å². The fraction of sp³-hybridized carbons (Fsp3) is 0.381. The number of unbranched alkanes of at least 4 members (excludes halogenated alkanes) is 1. The van der Waals surface area contributed by atoms with Crippen LogP contribution < -0.4 is 4.90 Å². The van der Waals surface area contributed by atoms with E-state index in [1.54, 1.807) is 12.1 Å². The number of anilines is 1. The molecule has 1 N–H and O–H groups in total. The zero-order chi connectivity index (χ0) is 21.6. The van der Waals surface area contributed by atoms with Gasteiger partial charge in [-0.2, -0.15) is 13.2 Å². The van der Waals surface area contributed by atoms with E-state index in [0.29, 0.717) is 12.0 Å². The Bertz CT molecular complexity index is 894. The molecule has 1 aliphatic heterocycles. The number of hydrogen-bond donors (Lipinski definition) is 1. The lowest BCUT2D eigenvalue weighted by atomic mass is 10.2. The smallest absolute Gasteiger partial charge is 0.368 e. The summed E-state index contributed by atoms with van der Waals surface area (Å²) in [6, 6.07) is 3.53. The van der Waals surface area contributed by atoms with Gasteiger partial charge >= 0.3 is 6.18 Å². The van der Waals surface area contributed by atoms with Crippen LogP contribution in [0.25, 0.3) is 11.4 Å². The van der Waals surface area contributed by atoms with Crippen molar-refractivity contribution < 1.29 is 18.0 Å². The second-order valence-corrected chi connectivity index (χ2v) is 6.87. The van der Waals surface area contributed by atoms with Crippen LogP contribution in [0.4, 0.5) is 19.0 Å². The number of imidazole rings is 1. The molecule has 0 aliphatic carbocycles. The van der Waals surface area contributed by atoms with Gasteiger partial charge in [0.25, 0.3) is 0 Å². The number of aldehydes is 1. The van der Waals surface area contributed by atoms with E-state index in [0.717, 1.165) is 56.6 Å². The van der Waals surface area contributed by atoms with Gasteiger partial charge in [-0.05, 0) is 31.6 Å². The fourth-order valence-electron chi connectivity index (χ4n) is 3.27. The Balaban J connectivity index is 1.59. The molecule has 0 radical (unpaired) electrons. The summed E-state index contributed by atoms with van der Waals surface area (Å²) in [5.74, 6) is 0.926. The number of rotatable bonds is 7. The number of hydrogen-bond acceptors (Lipinski definition) is 5. The first-order valence-corrected chi connectivity index (χ1v) is 9.78. The van der Waals surface area contributed by atoms with Crippen molar-refractivity contribution in [3.63, 3.8) is 0 Å². The van der Waals surface area contributed by atoms with Gasteiger partial charge in [-0.15, -0.1) is 0 Å². The van der Waals surface area contributed by atoms with E-state index in [1.165, 1.54) is 6.20 Å². The minimum absolute atomic E-state index is 0.144. The number of carbonyl (C=O) groups excluding carboxylic acids is 1. The van der Waals surface area contributed by atoms with Gasteiger partial charge in [0.1, 0.15) is 17.9 Å². The molecule has 2 aromatic heterocycles. The molecule has 0 amide bonds. The number of H-pyrrole nitrogens is 1. The summed E-state index contributed by atoms with van der Waals surface area (Å²) in [6.45, 7) is 5.21. The van der Waals surface area contributed by atoms with Crippen LogP contribution in [0, 0.1) is 0 Å². The number of carbonyl (C=O) groups is 1. The van der Waals surface area contributed by atoms with E-state index < -0.39 is 11.9 Å². The summed E-state index contributed by atoms with van der Waals surface area (Å²) in [4.78, 5) is 25.4. The highest BCUT2D eigenvalue weighted by molar-refractivity contribution is 5.57. The predicted molar refractivity (Wildman–Crippen MR) is 109 cm³/mol. The van der Waals surface area contributed by atoms with E-state index in [1.807, 2.05) is 19.1 Å². The quantitative estimate of drug-likeness (QED) is 0.417. The normalized spacial score (nSPS) is 15.8. The average Bonchev–Trinajstić information content (AvgIpc) is 3.25. The molecule has 9 heteroatoms. The first-order valence-electron chi connectivity index (χ1n) is 9.78. The molecule has 0 unspecified atom stereocenters. The largest absolute Gasteiger partial charge is 0.434 e. The first kappa shape index (κ1) is 21.6. The Morgan fingerprint density at radius 1 is 1.20 bits per heavy atom. The molecule has 0 bridgehead atoms. The highest BCUT2D eigenvalue weighted by Crippen LogP contribution is 2.29. The summed E-state index contributed by atoms with van der Waals surface area (Å²) >= 11 is 0. The molecule has 0 aromatic carbocycles. The molecule has 2 aromatic rings. The van der Waals surface area contributed by atoms with Gasteiger partial charge < -0.3 is 19.6 Å². The molecular formula is C21H24F3N5O. The third-order valence-corrected chi connectivity index (χ3v) is 4.89. The molecule has 0 spiro atoms. The van der Waals surface area contributed by atoms with Gasteiger partial charge in [0, 0.05) is 56.3 Å². The topological polar surface area (TPSA) is 65.1 Å². The molecule has 1 saturated heterocycles. The number of aromatic nitrogens is 3. The van der Waals surface area contributed by atoms with Crippen LogP contribution in [0.3, 0.4) is 0 Å². The number of aromatic amines is 1. The van der Waals surface area contributed by atoms with Crippen molar-refractivity contribution in [1.29, 1.82) is 0 Å². The van der Waals surface area contributed by atoms with E-state index >= 15 is 0 Å². The molecule has 0 saturated carbocycles. The second-order valence-electron chi connectivity index (χ2n) is 6.87. The van der Waals surface area contributed by atoms with Crippen molar-refractivity contribution in [1.82, 2.24) is 19.9 Å². The molecule has 3 heterocycles. The maximum absolute atomic E-state index is 12.7. The minimum atomic E-state index is -4.47. The van der Waals surface area contributed by atoms with Crippen LogP contribution >= 0.6 is 0 Å². The molecule has 30 heavy (non-hydrogen) atoms. The Morgan fingerprint density at radius 2 is 1.97 bits per heavy atom. The summed E-state index contributed by atoms with van der Waals surface area (Å²) in [5, 5.41) is 0. The number of allylic oxidation sites excluding steroid dienone is 3. The Kier molecular flexibility index (Phi) is 6.91. The van der Waals surface area contributed by atoms with E-state index in [2.05, 4.69) is 30.8 Å². The molecule has 6 nitrogen and oxygen atoms in total. The van der Waals surface area contributed by atoms with Gasteiger partial charge in [0.2, 0.25) is 0 Å². The van der Waals surface area contributed by atoms with Crippen molar-refractivity contribution in [3.05, 3.63) is 54.1 Å². The summed E-state index contributed by atoms with van der Waals surface area (Å²) in [5.41, 5.74) is 0.685. The molecule has 1 aliphatic rings. The van der Waals surface area contributed by atoms with Gasteiger partial charge in [-0.1, -0.05) is 12.2 Å². The summed E-state index contributed by atoms with van der Waals surface area (Å²) in [6.07, 6.45) is 6.20. The van der Waals surface area contributed by atoms with Crippen molar-refractivity contribution in [2.45, 2.75) is 25.9 Å². The highest BCUT2D eigenvalue weighted by atomic mass is 19.4. The first-order chi connectivity index (χ1) is 14.4. The Labute approximate surface area is 173 Å². The standard InChI is InChI=1S/C21H24F3N5O/c1-2-17(6-4-3-5-13-30)28-9-11-29(12-10-28)19-8-7-16(14-25-19)20-26-15-18(27-20)21(22,23)24/h2,4,6-8,13-15H,3,5,9-12H2,1H3,(H,26,27)/b6-4-,17-2+. The van der Waals surface area contributed by atoms with Crippen molar-refractivity contribution in [2.75, 3.05) is 31.1 Å². The zero-order valence-electron chi connectivity index (χ0n) is 16.7. The van der Waals surface area contributed by atoms with Crippen LogP contribution in [0.5, 0.6) is 0 Å². The molecule has 0 atom stereocenters. The van der Waals surface area contributed by atoms with E-state index in [9.17, 15) is 18.0 Å². The average molecular weight is 419 g/mol. The Hall–Kier alpha value is -3.10. The lowest BCUT2D eigenvalue weighted by Gasteiger charge is -2.37. The van der Waals surface area contributed by atoms with Crippen LogP contribution in [0.1, 0.15) is 25.5 Å². The Morgan fingerprint density at radius 3 is 2.53 bits per heavy atom.